The van der Waals surface area contributed by atoms with Crippen LogP contribution < -0.4 is 0 Å². The van der Waals surface area contributed by atoms with Gasteiger partial charge in [-0.05, 0) is 25.8 Å². The monoisotopic (exact) mass is 212 g/mol. The fourth-order valence-corrected chi connectivity index (χ4v) is 2.72. The topological polar surface area (TPSA) is 15.7 Å². The van der Waals surface area contributed by atoms with E-state index in [0.717, 1.165) is 19.3 Å². The number of hydrogen-bond acceptors (Lipinski definition) is 3. The Balaban J connectivity index is 1.72. The van der Waals surface area contributed by atoms with Gasteiger partial charge in [-0.1, -0.05) is 6.92 Å². The van der Waals surface area contributed by atoms with Crippen LogP contribution in [-0.4, -0.2) is 61.8 Å². The van der Waals surface area contributed by atoms with E-state index in [1.807, 2.05) is 0 Å². The molecule has 0 spiro atoms. The van der Waals surface area contributed by atoms with Crippen LogP contribution in [0.1, 0.15) is 26.2 Å². The van der Waals surface area contributed by atoms with Crippen molar-refractivity contribution in [2.75, 3.05) is 45.9 Å². The first-order valence-electron chi connectivity index (χ1n) is 6.44. The molecule has 2 rings (SSSR count). The van der Waals surface area contributed by atoms with Gasteiger partial charge in [-0.2, -0.15) is 0 Å². The van der Waals surface area contributed by atoms with Crippen LogP contribution in [0.25, 0.3) is 0 Å². The molecule has 0 aromatic carbocycles. The third-order valence-corrected chi connectivity index (χ3v) is 3.65. The van der Waals surface area contributed by atoms with Gasteiger partial charge in [-0.25, -0.2) is 0 Å². The van der Waals surface area contributed by atoms with Crippen LogP contribution in [0, 0.1) is 0 Å². The van der Waals surface area contributed by atoms with Crippen molar-refractivity contribution in [2.24, 2.45) is 0 Å². The first kappa shape index (κ1) is 11.4. The quantitative estimate of drug-likeness (QED) is 0.699. The summed E-state index contributed by atoms with van der Waals surface area (Å²) in [5, 5.41) is 0. The SMILES string of the molecule is CCCN1CCN(C2CCOCC2)CC1. The molecule has 0 saturated carbocycles. The number of piperazine rings is 1. The van der Waals surface area contributed by atoms with Gasteiger partial charge in [0, 0.05) is 45.4 Å². The molecule has 3 nitrogen and oxygen atoms in total. The highest BCUT2D eigenvalue weighted by Crippen LogP contribution is 2.16. The van der Waals surface area contributed by atoms with Crippen molar-refractivity contribution in [1.29, 1.82) is 0 Å². The van der Waals surface area contributed by atoms with Crippen molar-refractivity contribution in [3.63, 3.8) is 0 Å². The summed E-state index contributed by atoms with van der Waals surface area (Å²) in [4.78, 5) is 5.27. The number of rotatable bonds is 3. The lowest BCUT2D eigenvalue weighted by Crippen LogP contribution is -2.51. The molecule has 2 aliphatic rings. The maximum atomic E-state index is 5.41. The Labute approximate surface area is 93.4 Å². The lowest BCUT2D eigenvalue weighted by molar-refractivity contribution is 0.0138. The summed E-state index contributed by atoms with van der Waals surface area (Å²) in [6.45, 7) is 10.6. The molecular weight excluding hydrogens is 188 g/mol. The van der Waals surface area contributed by atoms with Crippen molar-refractivity contribution >= 4 is 0 Å². The Kier molecular flexibility index (Phi) is 4.42. The minimum Gasteiger partial charge on any atom is -0.381 e. The van der Waals surface area contributed by atoms with Crippen LogP contribution in [0.4, 0.5) is 0 Å². The van der Waals surface area contributed by atoms with Crippen LogP contribution in [0.3, 0.4) is 0 Å². The Bertz CT molecular complexity index is 172. The van der Waals surface area contributed by atoms with E-state index in [1.54, 1.807) is 0 Å². The second-order valence-electron chi connectivity index (χ2n) is 4.72. The van der Waals surface area contributed by atoms with Crippen LogP contribution in [0.5, 0.6) is 0 Å². The molecule has 0 unspecified atom stereocenters. The second kappa shape index (κ2) is 5.83. The van der Waals surface area contributed by atoms with Crippen molar-refractivity contribution < 1.29 is 4.74 Å². The molecule has 2 fully saturated rings. The summed E-state index contributed by atoms with van der Waals surface area (Å²) < 4.78 is 5.41. The Morgan fingerprint density at radius 3 is 2.33 bits per heavy atom. The predicted octanol–water partition coefficient (Wildman–Crippen LogP) is 1.19. The molecule has 3 heteroatoms. The summed E-state index contributed by atoms with van der Waals surface area (Å²) in [7, 11) is 0. The third-order valence-electron chi connectivity index (χ3n) is 3.65. The number of hydrogen-bond donors (Lipinski definition) is 0. The molecule has 15 heavy (non-hydrogen) atoms. The van der Waals surface area contributed by atoms with E-state index < -0.39 is 0 Å². The van der Waals surface area contributed by atoms with Gasteiger partial charge in [0.05, 0.1) is 0 Å². The predicted molar refractivity (Wildman–Crippen MR) is 62.1 cm³/mol. The standard InChI is InChI=1S/C12H24N2O/c1-2-5-13-6-8-14(9-7-13)12-3-10-15-11-4-12/h12H,2-11H2,1H3. The van der Waals surface area contributed by atoms with Gasteiger partial charge in [0.2, 0.25) is 0 Å². The number of ether oxygens (including phenoxy) is 1. The van der Waals surface area contributed by atoms with Crippen LogP contribution in [-0.2, 0) is 4.74 Å². The van der Waals surface area contributed by atoms with Crippen LogP contribution in [0.2, 0.25) is 0 Å². The summed E-state index contributed by atoms with van der Waals surface area (Å²) in [6, 6.07) is 0.808. The largest absolute Gasteiger partial charge is 0.381 e. The number of nitrogens with zero attached hydrogens (tertiary/aromatic N) is 2. The van der Waals surface area contributed by atoms with E-state index in [1.165, 1.54) is 52.0 Å². The summed E-state index contributed by atoms with van der Waals surface area (Å²) in [5.74, 6) is 0. The normalized spacial score (nSPS) is 27.0. The first-order valence-corrected chi connectivity index (χ1v) is 6.44. The highest BCUT2D eigenvalue weighted by molar-refractivity contribution is 4.79. The van der Waals surface area contributed by atoms with E-state index in [4.69, 9.17) is 4.74 Å². The Hall–Kier alpha value is -0.120. The molecule has 0 bridgehead atoms. The molecule has 0 N–H and O–H groups in total. The van der Waals surface area contributed by atoms with Crippen molar-refractivity contribution in [3.05, 3.63) is 0 Å². The maximum Gasteiger partial charge on any atom is 0.0480 e. The molecule has 2 saturated heterocycles. The molecule has 88 valence electrons. The lowest BCUT2D eigenvalue weighted by Gasteiger charge is -2.40. The summed E-state index contributed by atoms with van der Waals surface area (Å²) in [6.07, 6.45) is 3.78. The van der Waals surface area contributed by atoms with Crippen molar-refractivity contribution in [2.45, 2.75) is 32.2 Å². The first-order chi connectivity index (χ1) is 7.40. The van der Waals surface area contributed by atoms with Gasteiger partial charge >= 0.3 is 0 Å². The van der Waals surface area contributed by atoms with Gasteiger partial charge in [0.1, 0.15) is 0 Å². The third kappa shape index (κ3) is 3.16. The van der Waals surface area contributed by atoms with Gasteiger partial charge in [0.15, 0.2) is 0 Å². The van der Waals surface area contributed by atoms with Gasteiger partial charge in [-0.15, -0.1) is 0 Å². The maximum absolute atomic E-state index is 5.41. The zero-order chi connectivity index (χ0) is 10.5. The van der Waals surface area contributed by atoms with E-state index in [-0.39, 0.29) is 0 Å². The van der Waals surface area contributed by atoms with Crippen molar-refractivity contribution in [3.8, 4) is 0 Å². The van der Waals surface area contributed by atoms with Gasteiger partial charge < -0.3 is 9.64 Å². The summed E-state index contributed by atoms with van der Waals surface area (Å²) >= 11 is 0. The molecule has 0 aromatic heterocycles. The minimum atomic E-state index is 0.808. The second-order valence-corrected chi connectivity index (χ2v) is 4.72. The lowest BCUT2D eigenvalue weighted by atomic mass is 10.1. The molecule has 0 aliphatic carbocycles. The van der Waals surface area contributed by atoms with E-state index in [2.05, 4.69) is 16.7 Å². The Morgan fingerprint density at radius 1 is 1.07 bits per heavy atom. The van der Waals surface area contributed by atoms with Gasteiger partial charge in [-0.3, -0.25) is 4.90 Å². The van der Waals surface area contributed by atoms with E-state index in [9.17, 15) is 0 Å². The average molecular weight is 212 g/mol. The van der Waals surface area contributed by atoms with Crippen LogP contribution >= 0.6 is 0 Å². The highest BCUT2D eigenvalue weighted by atomic mass is 16.5. The molecule has 0 aromatic rings. The molecular formula is C12H24N2O. The molecule has 2 aliphatic heterocycles. The van der Waals surface area contributed by atoms with Gasteiger partial charge in [0.25, 0.3) is 0 Å². The molecule has 0 radical (unpaired) electrons. The highest BCUT2D eigenvalue weighted by Gasteiger charge is 2.24. The fourth-order valence-electron chi connectivity index (χ4n) is 2.72. The zero-order valence-electron chi connectivity index (χ0n) is 9.95. The average Bonchev–Trinajstić information content (AvgIpc) is 2.32. The Morgan fingerprint density at radius 2 is 1.73 bits per heavy atom. The minimum absolute atomic E-state index is 0.808. The molecule has 2 heterocycles. The smallest absolute Gasteiger partial charge is 0.0480 e. The zero-order valence-corrected chi connectivity index (χ0v) is 9.95. The van der Waals surface area contributed by atoms with E-state index >= 15 is 0 Å². The summed E-state index contributed by atoms with van der Waals surface area (Å²) in [5.41, 5.74) is 0. The molecule has 0 atom stereocenters. The fraction of sp³-hybridized carbons (Fsp3) is 1.00. The van der Waals surface area contributed by atoms with Crippen molar-refractivity contribution in [1.82, 2.24) is 9.80 Å². The van der Waals surface area contributed by atoms with Crippen LogP contribution in [0.15, 0.2) is 0 Å². The van der Waals surface area contributed by atoms with E-state index in [0.29, 0.717) is 0 Å². The molecule has 0 amide bonds.